The summed E-state index contributed by atoms with van der Waals surface area (Å²) in [6, 6.07) is 0. The molecule has 0 bridgehead atoms. The molecule has 0 aromatic carbocycles. The molecule has 0 spiro atoms. The molecule has 1 unspecified atom stereocenters. The predicted molar refractivity (Wildman–Crippen MR) is 77.8 cm³/mol. The number of nitrogens with one attached hydrogen (secondary N) is 1. The van der Waals surface area contributed by atoms with Gasteiger partial charge in [-0.1, -0.05) is 0 Å². The number of amides is 1. The van der Waals surface area contributed by atoms with Crippen molar-refractivity contribution in [3.05, 3.63) is 15.6 Å². The molecule has 2 heterocycles. The van der Waals surface area contributed by atoms with E-state index >= 15 is 0 Å². The van der Waals surface area contributed by atoms with E-state index in [1.165, 1.54) is 23.4 Å². The Morgan fingerprint density at radius 3 is 3.10 bits per heavy atom. The van der Waals surface area contributed by atoms with Crippen molar-refractivity contribution < 1.29 is 9.53 Å². The van der Waals surface area contributed by atoms with E-state index < -0.39 is 0 Å². The Hall–Kier alpha value is -0.980. The lowest BCUT2D eigenvalue weighted by Gasteiger charge is -2.26. The number of aromatic nitrogens is 1. The average molecular weight is 295 g/mol. The van der Waals surface area contributed by atoms with Crippen molar-refractivity contribution in [2.45, 2.75) is 38.3 Å². The Bertz CT molecular complexity index is 459. The topological polar surface area (TPSA) is 54.5 Å². The molecule has 6 heteroatoms. The molecule has 20 heavy (non-hydrogen) atoms. The van der Waals surface area contributed by atoms with Gasteiger partial charge >= 0.3 is 0 Å². The first-order chi connectivity index (χ1) is 9.74. The highest BCUT2D eigenvalue weighted by molar-refractivity contribution is 7.11. The van der Waals surface area contributed by atoms with Gasteiger partial charge in [0.1, 0.15) is 11.1 Å². The maximum atomic E-state index is 12.3. The molecule has 1 fully saturated rings. The third-order valence-electron chi connectivity index (χ3n) is 3.84. The van der Waals surface area contributed by atoms with Gasteiger partial charge < -0.3 is 15.0 Å². The number of rotatable bonds is 3. The standard InChI is InChI=1S/C14H21N3O2S/c1-17(14(18)11-8-15-6-7-19-11)9-13-16-10-4-2-3-5-12(10)20-13/h11,15H,2-9H2,1H3. The van der Waals surface area contributed by atoms with Crippen molar-refractivity contribution in [1.82, 2.24) is 15.2 Å². The first-order valence-corrected chi connectivity index (χ1v) is 8.10. The highest BCUT2D eigenvalue weighted by Crippen LogP contribution is 2.27. The molecular weight excluding hydrogens is 274 g/mol. The van der Waals surface area contributed by atoms with Gasteiger partial charge in [0.25, 0.3) is 5.91 Å². The van der Waals surface area contributed by atoms with Crippen molar-refractivity contribution in [2.24, 2.45) is 0 Å². The van der Waals surface area contributed by atoms with Crippen LogP contribution in [-0.4, -0.2) is 48.6 Å². The van der Waals surface area contributed by atoms with Crippen molar-refractivity contribution in [1.29, 1.82) is 0 Å². The van der Waals surface area contributed by atoms with Gasteiger partial charge in [0, 0.05) is 25.0 Å². The number of carbonyl (C=O) groups is 1. The van der Waals surface area contributed by atoms with Crippen LogP contribution in [0.2, 0.25) is 0 Å². The Labute approximate surface area is 123 Å². The molecule has 0 saturated carbocycles. The SMILES string of the molecule is CN(Cc1nc2c(s1)CCCC2)C(=O)C1CNCCO1. The van der Waals surface area contributed by atoms with Gasteiger partial charge in [-0.15, -0.1) is 11.3 Å². The van der Waals surface area contributed by atoms with Crippen molar-refractivity contribution >= 4 is 17.2 Å². The lowest BCUT2D eigenvalue weighted by atomic mass is 10.0. The summed E-state index contributed by atoms with van der Waals surface area (Å²) in [6.07, 6.45) is 4.42. The smallest absolute Gasteiger partial charge is 0.253 e. The van der Waals surface area contributed by atoms with E-state index in [4.69, 9.17) is 4.74 Å². The molecule has 1 N–H and O–H groups in total. The fraction of sp³-hybridized carbons (Fsp3) is 0.714. The zero-order chi connectivity index (χ0) is 13.9. The van der Waals surface area contributed by atoms with Gasteiger partial charge in [-0.2, -0.15) is 0 Å². The molecule has 5 nitrogen and oxygen atoms in total. The zero-order valence-corrected chi connectivity index (χ0v) is 12.7. The van der Waals surface area contributed by atoms with Crippen LogP contribution in [0.3, 0.4) is 0 Å². The van der Waals surface area contributed by atoms with Crippen molar-refractivity contribution in [3.8, 4) is 0 Å². The number of fused-ring (bicyclic) bond motifs is 1. The van der Waals surface area contributed by atoms with Crippen LogP contribution >= 0.6 is 11.3 Å². The summed E-state index contributed by atoms with van der Waals surface area (Å²) in [5.74, 6) is 0.0466. The molecule has 1 saturated heterocycles. The molecule has 1 aromatic heterocycles. The van der Waals surface area contributed by atoms with Gasteiger partial charge in [-0.25, -0.2) is 4.98 Å². The number of carbonyl (C=O) groups excluding carboxylic acids is 1. The second-order valence-corrected chi connectivity index (χ2v) is 6.61. The molecule has 1 aromatic rings. The number of thiazole rings is 1. The maximum Gasteiger partial charge on any atom is 0.253 e. The van der Waals surface area contributed by atoms with E-state index in [1.54, 1.807) is 16.2 Å². The summed E-state index contributed by atoms with van der Waals surface area (Å²) >= 11 is 1.77. The number of hydrogen-bond donors (Lipinski definition) is 1. The largest absolute Gasteiger partial charge is 0.366 e. The average Bonchev–Trinajstić information content (AvgIpc) is 2.89. The van der Waals surface area contributed by atoms with Gasteiger partial charge in [0.15, 0.2) is 0 Å². The second kappa shape index (κ2) is 6.20. The van der Waals surface area contributed by atoms with Crippen LogP contribution < -0.4 is 5.32 Å². The van der Waals surface area contributed by atoms with Crippen LogP contribution in [0.5, 0.6) is 0 Å². The van der Waals surface area contributed by atoms with Crippen LogP contribution in [0.4, 0.5) is 0 Å². The first-order valence-electron chi connectivity index (χ1n) is 7.29. The number of morpholine rings is 1. The van der Waals surface area contributed by atoms with E-state index in [-0.39, 0.29) is 12.0 Å². The summed E-state index contributed by atoms with van der Waals surface area (Å²) in [7, 11) is 1.83. The highest BCUT2D eigenvalue weighted by atomic mass is 32.1. The Kier molecular flexibility index (Phi) is 4.33. The third kappa shape index (κ3) is 3.02. The Morgan fingerprint density at radius 2 is 2.35 bits per heavy atom. The summed E-state index contributed by atoms with van der Waals surface area (Å²) < 4.78 is 5.51. The van der Waals surface area contributed by atoms with Gasteiger partial charge in [-0.05, 0) is 25.7 Å². The van der Waals surface area contributed by atoms with E-state index in [0.29, 0.717) is 19.7 Å². The van der Waals surface area contributed by atoms with Crippen LogP contribution in [0, 0.1) is 0 Å². The van der Waals surface area contributed by atoms with Crippen LogP contribution in [-0.2, 0) is 28.9 Å². The minimum Gasteiger partial charge on any atom is -0.366 e. The fourth-order valence-electron chi connectivity index (χ4n) is 2.72. The summed E-state index contributed by atoms with van der Waals surface area (Å²) in [5, 5.41) is 4.24. The summed E-state index contributed by atoms with van der Waals surface area (Å²) in [6.45, 7) is 2.64. The number of aryl methyl sites for hydroxylation is 2. The van der Waals surface area contributed by atoms with Crippen molar-refractivity contribution in [2.75, 3.05) is 26.7 Å². The van der Waals surface area contributed by atoms with Gasteiger partial charge in [-0.3, -0.25) is 4.79 Å². The van der Waals surface area contributed by atoms with E-state index in [1.807, 2.05) is 7.05 Å². The fourth-order valence-corrected chi connectivity index (χ4v) is 3.93. The highest BCUT2D eigenvalue weighted by Gasteiger charge is 2.26. The second-order valence-electron chi connectivity index (χ2n) is 5.44. The molecule has 2 aliphatic rings. The molecule has 1 atom stereocenters. The number of nitrogens with zero attached hydrogens (tertiary/aromatic N) is 2. The van der Waals surface area contributed by atoms with Gasteiger partial charge in [0.2, 0.25) is 0 Å². The van der Waals surface area contributed by atoms with E-state index in [0.717, 1.165) is 24.4 Å². The zero-order valence-electron chi connectivity index (χ0n) is 11.9. The third-order valence-corrected chi connectivity index (χ3v) is 4.98. The Balaban J connectivity index is 1.61. The quantitative estimate of drug-likeness (QED) is 0.903. The summed E-state index contributed by atoms with van der Waals surface area (Å²) in [4.78, 5) is 20.1. The van der Waals surface area contributed by atoms with Crippen LogP contribution in [0.25, 0.3) is 0 Å². The lowest BCUT2D eigenvalue weighted by Crippen LogP contribution is -2.48. The normalized spacial score (nSPS) is 22.4. The molecule has 110 valence electrons. The summed E-state index contributed by atoms with van der Waals surface area (Å²) in [5.41, 5.74) is 1.26. The molecule has 1 aliphatic heterocycles. The predicted octanol–water partition coefficient (Wildman–Crippen LogP) is 0.969. The molecule has 1 amide bonds. The number of ether oxygens (including phenoxy) is 1. The number of likely N-dealkylation sites (N-methyl/N-ethyl adjacent to an activating group) is 1. The Morgan fingerprint density at radius 1 is 1.50 bits per heavy atom. The minimum atomic E-state index is -0.344. The number of hydrogen-bond acceptors (Lipinski definition) is 5. The van der Waals surface area contributed by atoms with E-state index in [9.17, 15) is 4.79 Å². The molecular formula is C14H21N3O2S. The molecule has 1 aliphatic carbocycles. The van der Waals surface area contributed by atoms with Crippen molar-refractivity contribution in [3.63, 3.8) is 0 Å². The lowest BCUT2D eigenvalue weighted by molar-refractivity contribution is -0.144. The molecule has 3 rings (SSSR count). The van der Waals surface area contributed by atoms with Crippen LogP contribution in [0.1, 0.15) is 28.4 Å². The molecule has 0 radical (unpaired) electrons. The van der Waals surface area contributed by atoms with Crippen LogP contribution in [0.15, 0.2) is 0 Å². The first kappa shape index (κ1) is 14.0. The minimum absolute atomic E-state index is 0.0466. The monoisotopic (exact) mass is 295 g/mol. The van der Waals surface area contributed by atoms with Gasteiger partial charge in [0.05, 0.1) is 18.8 Å². The van der Waals surface area contributed by atoms with E-state index in [2.05, 4.69) is 10.3 Å². The maximum absolute atomic E-state index is 12.3.